The molecule has 1 aliphatic carbocycles. The maximum absolute atomic E-state index is 12.3. The van der Waals surface area contributed by atoms with E-state index in [4.69, 9.17) is 0 Å². The Kier molecular flexibility index (Phi) is 3.59. The fourth-order valence-corrected chi connectivity index (χ4v) is 3.41. The second-order valence-electron chi connectivity index (χ2n) is 5.04. The summed E-state index contributed by atoms with van der Waals surface area (Å²) in [7, 11) is 0. The van der Waals surface area contributed by atoms with E-state index in [1.807, 2.05) is 24.3 Å². The number of phenolic OH excluding ortho intramolecular Hbond substituents is 2. The Bertz CT molecular complexity index is 702. The molecule has 0 heterocycles. The number of rotatable bonds is 2. The molecule has 3 N–H and O–H groups in total. The number of hydrogen-bond acceptors (Lipinski definition) is 3. The van der Waals surface area contributed by atoms with Gasteiger partial charge in [-0.1, -0.05) is 46.3 Å². The van der Waals surface area contributed by atoms with Crippen LogP contribution in [-0.4, -0.2) is 20.9 Å². The highest BCUT2D eigenvalue weighted by atomic mass is 79.9. The van der Waals surface area contributed by atoms with Gasteiger partial charge in [-0.2, -0.15) is 0 Å². The summed E-state index contributed by atoms with van der Waals surface area (Å²) in [4.78, 5) is 12.4. The Morgan fingerprint density at radius 2 is 1.90 bits per heavy atom. The normalized spacial score (nSPS) is 20.0. The van der Waals surface area contributed by atoms with Gasteiger partial charge in [-0.15, -0.1) is 0 Å². The van der Waals surface area contributed by atoms with Gasteiger partial charge in [0.1, 0.15) is 0 Å². The van der Waals surface area contributed by atoms with Crippen LogP contribution in [0.2, 0.25) is 0 Å². The molecule has 2 atom stereocenters. The van der Waals surface area contributed by atoms with E-state index in [-0.39, 0.29) is 22.2 Å². The van der Waals surface area contributed by atoms with E-state index < -0.39 is 11.7 Å². The second kappa shape index (κ2) is 5.41. The van der Waals surface area contributed by atoms with Crippen LogP contribution in [0.25, 0.3) is 0 Å². The molecule has 5 heteroatoms. The van der Waals surface area contributed by atoms with Crippen LogP contribution in [0, 0.1) is 0 Å². The van der Waals surface area contributed by atoms with E-state index in [2.05, 4.69) is 21.2 Å². The lowest BCUT2D eigenvalue weighted by Crippen LogP contribution is -2.31. The van der Waals surface area contributed by atoms with Crippen LogP contribution in [0.5, 0.6) is 11.5 Å². The number of nitrogens with one attached hydrogen (secondary N) is 1. The first-order valence-electron chi connectivity index (χ1n) is 6.61. The monoisotopic (exact) mass is 347 g/mol. The summed E-state index contributed by atoms with van der Waals surface area (Å²) in [6.07, 6.45) is 0.840. The van der Waals surface area contributed by atoms with Crippen molar-refractivity contribution >= 4 is 21.8 Å². The van der Waals surface area contributed by atoms with E-state index in [1.165, 1.54) is 23.8 Å². The number of fused-ring (bicyclic) bond motifs is 1. The van der Waals surface area contributed by atoms with Crippen LogP contribution in [0.3, 0.4) is 0 Å². The van der Waals surface area contributed by atoms with Crippen molar-refractivity contribution in [2.24, 2.45) is 0 Å². The van der Waals surface area contributed by atoms with E-state index in [0.717, 1.165) is 12.0 Å². The van der Waals surface area contributed by atoms with Crippen LogP contribution >= 0.6 is 15.9 Å². The third-order valence-corrected chi connectivity index (χ3v) is 4.57. The number of benzene rings is 2. The van der Waals surface area contributed by atoms with Gasteiger partial charge in [0.05, 0.1) is 11.6 Å². The van der Waals surface area contributed by atoms with Crippen molar-refractivity contribution in [2.45, 2.75) is 17.3 Å². The molecule has 108 valence electrons. The van der Waals surface area contributed by atoms with E-state index in [9.17, 15) is 15.0 Å². The summed E-state index contributed by atoms with van der Waals surface area (Å²) >= 11 is 3.59. The molecule has 21 heavy (non-hydrogen) atoms. The van der Waals surface area contributed by atoms with Crippen LogP contribution < -0.4 is 5.32 Å². The zero-order valence-corrected chi connectivity index (χ0v) is 12.7. The van der Waals surface area contributed by atoms with Gasteiger partial charge in [0.2, 0.25) is 0 Å². The molecule has 3 rings (SSSR count). The minimum absolute atomic E-state index is 0.0686. The Labute approximate surface area is 130 Å². The first-order valence-corrected chi connectivity index (χ1v) is 7.53. The zero-order chi connectivity index (χ0) is 15.0. The fraction of sp³-hybridized carbons (Fsp3) is 0.188. The first kappa shape index (κ1) is 13.9. The quantitative estimate of drug-likeness (QED) is 0.577. The number of aromatic hydroxyl groups is 2. The molecule has 2 aromatic carbocycles. The molecule has 1 aliphatic rings. The molecule has 0 saturated carbocycles. The van der Waals surface area contributed by atoms with Gasteiger partial charge in [0, 0.05) is 4.83 Å². The summed E-state index contributed by atoms with van der Waals surface area (Å²) < 4.78 is 0. The summed E-state index contributed by atoms with van der Waals surface area (Å²) in [6.45, 7) is 0. The van der Waals surface area contributed by atoms with Crippen molar-refractivity contribution in [2.75, 3.05) is 0 Å². The fourth-order valence-electron chi connectivity index (χ4n) is 2.65. The second-order valence-corrected chi connectivity index (χ2v) is 6.22. The third-order valence-electron chi connectivity index (χ3n) is 3.71. The molecule has 0 radical (unpaired) electrons. The minimum atomic E-state index is -0.408. The SMILES string of the molecule is O=C(NC1c2ccccc2CC1Br)c1cccc(O)c1O. The zero-order valence-electron chi connectivity index (χ0n) is 11.1. The van der Waals surface area contributed by atoms with Crippen molar-refractivity contribution in [3.05, 3.63) is 59.2 Å². The van der Waals surface area contributed by atoms with E-state index >= 15 is 0 Å². The number of carbonyl (C=O) groups excluding carboxylic acids is 1. The Balaban J connectivity index is 1.87. The van der Waals surface area contributed by atoms with Gasteiger partial charge in [0.15, 0.2) is 11.5 Å². The largest absolute Gasteiger partial charge is 0.504 e. The average Bonchev–Trinajstić information content (AvgIpc) is 2.78. The first-order chi connectivity index (χ1) is 10.1. The smallest absolute Gasteiger partial charge is 0.255 e. The maximum atomic E-state index is 12.3. The van der Waals surface area contributed by atoms with Gasteiger partial charge in [0.25, 0.3) is 5.91 Å². The van der Waals surface area contributed by atoms with Gasteiger partial charge in [-0.3, -0.25) is 4.79 Å². The highest BCUT2D eigenvalue weighted by molar-refractivity contribution is 9.09. The predicted molar refractivity (Wildman–Crippen MR) is 82.8 cm³/mol. The lowest BCUT2D eigenvalue weighted by molar-refractivity contribution is 0.0934. The number of alkyl halides is 1. The van der Waals surface area contributed by atoms with Gasteiger partial charge in [-0.25, -0.2) is 0 Å². The molecule has 4 nitrogen and oxygen atoms in total. The molecular formula is C16H14BrNO3. The van der Waals surface area contributed by atoms with Gasteiger partial charge < -0.3 is 15.5 Å². The average molecular weight is 348 g/mol. The summed E-state index contributed by atoms with van der Waals surface area (Å²) in [5, 5.41) is 22.2. The predicted octanol–water partition coefficient (Wildman–Crippen LogP) is 2.89. The minimum Gasteiger partial charge on any atom is -0.504 e. The maximum Gasteiger partial charge on any atom is 0.255 e. The van der Waals surface area contributed by atoms with E-state index in [1.54, 1.807) is 0 Å². The highest BCUT2D eigenvalue weighted by Gasteiger charge is 2.32. The van der Waals surface area contributed by atoms with Crippen molar-refractivity contribution in [1.82, 2.24) is 5.32 Å². The molecule has 0 fully saturated rings. The molecule has 0 aliphatic heterocycles. The van der Waals surface area contributed by atoms with Crippen molar-refractivity contribution in [3.8, 4) is 11.5 Å². The molecule has 2 aromatic rings. The number of halogens is 1. The molecule has 2 unspecified atom stereocenters. The van der Waals surface area contributed by atoms with Crippen molar-refractivity contribution in [1.29, 1.82) is 0 Å². The highest BCUT2D eigenvalue weighted by Crippen LogP contribution is 2.36. The Morgan fingerprint density at radius 1 is 1.14 bits per heavy atom. The summed E-state index contributed by atoms with van der Waals surface area (Å²) in [5.74, 6) is -1.10. The van der Waals surface area contributed by atoms with Crippen LogP contribution in [0.1, 0.15) is 27.5 Å². The molecule has 0 spiro atoms. The molecular weight excluding hydrogens is 334 g/mol. The van der Waals surface area contributed by atoms with Gasteiger partial charge >= 0.3 is 0 Å². The van der Waals surface area contributed by atoms with Gasteiger partial charge in [-0.05, 0) is 29.7 Å². The summed E-state index contributed by atoms with van der Waals surface area (Å²) in [6, 6.07) is 12.1. The number of phenols is 2. The third kappa shape index (κ3) is 2.49. The van der Waals surface area contributed by atoms with Crippen LogP contribution in [0.15, 0.2) is 42.5 Å². The molecule has 0 aromatic heterocycles. The Hall–Kier alpha value is -2.01. The Morgan fingerprint density at radius 3 is 2.71 bits per heavy atom. The number of carbonyl (C=O) groups is 1. The van der Waals surface area contributed by atoms with Crippen LogP contribution in [0.4, 0.5) is 0 Å². The number of para-hydroxylation sites is 1. The summed E-state index contributed by atoms with van der Waals surface area (Å²) in [5.41, 5.74) is 2.34. The standard InChI is InChI=1S/C16H14BrNO3/c17-12-8-9-4-1-2-5-10(9)14(12)18-16(21)11-6-3-7-13(19)15(11)20/h1-7,12,14,19-20H,8H2,(H,18,21). The molecule has 1 amide bonds. The number of amides is 1. The lowest BCUT2D eigenvalue weighted by Gasteiger charge is -2.18. The number of hydrogen-bond donors (Lipinski definition) is 3. The molecule has 0 bridgehead atoms. The van der Waals surface area contributed by atoms with Crippen LogP contribution in [-0.2, 0) is 6.42 Å². The van der Waals surface area contributed by atoms with Crippen molar-refractivity contribution in [3.63, 3.8) is 0 Å². The topological polar surface area (TPSA) is 69.6 Å². The lowest BCUT2D eigenvalue weighted by atomic mass is 10.1. The van der Waals surface area contributed by atoms with E-state index in [0.29, 0.717) is 0 Å². The molecule has 0 saturated heterocycles. The van der Waals surface area contributed by atoms with Crippen molar-refractivity contribution < 1.29 is 15.0 Å².